The first kappa shape index (κ1) is 19.2. The quantitative estimate of drug-likeness (QED) is 0.611. The summed E-state index contributed by atoms with van der Waals surface area (Å²) in [5.74, 6) is -0.577. The van der Waals surface area contributed by atoms with Gasteiger partial charge in [-0.1, -0.05) is 60.2 Å². The average Bonchev–Trinajstić information content (AvgIpc) is 2.69. The first-order chi connectivity index (χ1) is 13.8. The lowest BCUT2D eigenvalue weighted by Crippen LogP contribution is -2.39. The molecule has 3 aromatic carbocycles. The van der Waals surface area contributed by atoms with E-state index in [4.69, 9.17) is 0 Å². The predicted octanol–water partition coefficient (Wildman–Crippen LogP) is 4.91. The number of allylic oxidation sites excluding steroid dienone is 1. The summed E-state index contributed by atoms with van der Waals surface area (Å²) in [5.41, 5.74) is 4.86. The lowest BCUT2D eigenvalue weighted by Gasteiger charge is -2.29. The minimum absolute atomic E-state index is 0.0832. The van der Waals surface area contributed by atoms with E-state index in [1.165, 1.54) is 12.1 Å². The standard InChI is InChI=1S/C24H21NO3S/c1-16-8-11-20(12-9-16)29(27,28)25-23-13-10-17(2)14-19(23)15-18(3)21-6-4-5-7-22(21)24(25)26/h4-14H,3,15H2,1-2H3. The molecule has 0 atom stereocenters. The van der Waals surface area contributed by atoms with Crippen LogP contribution >= 0.6 is 0 Å². The van der Waals surface area contributed by atoms with Crippen molar-refractivity contribution >= 4 is 27.2 Å². The van der Waals surface area contributed by atoms with Gasteiger partial charge in [0, 0.05) is 5.56 Å². The van der Waals surface area contributed by atoms with Gasteiger partial charge >= 0.3 is 0 Å². The Balaban J connectivity index is 2.00. The number of aryl methyl sites for hydroxylation is 2. The molecule has 0 unspecified atom stereocenters. The van der Waals surface area contributed by atoms with Gasteiger partial charge in [-0.3, -0.25) is 4.79 Å². The lowest BCUT2D eigenvalue weighted by molar-refractivity contribution is 0.100. The number of carbonyl (C=O) groups is 1. The highest BCUT2D eigenvalue weighted by Gasteiger charge is 2.35. The fraction of sp³-hybridized carbons (Fsp3) is 0.125. The van der Waals surface area contributed by atoms with E-state index in [1.54, 1.807) is 30.3 Å². The number of hydrogen-bond donors (Lipinski definition) is 0. The fourth-order valence-electron chi connectivity index (χ4n) is 3.63. The van der Waals surface area contributed by atoms with Gasteiger partial charge in [0.05, 0.1) is 10.6 Å². The van der Waals surface area contributed by atoms with Crippen molar-refractivity contribution in [2.45, 2.75) is 25.2 Å². The maximum Gasteiger partial charge on any atom is 0.272 e. The second-order valence-electron chi connectivity index (χ2n) is 7.35. The predicted molar refractivity (Wildman–Crippen MR) is 116 cm³/mol. The van der Waals surface area contributed by atoms with Gasteiger partial charge in [0.25, 0.3) is 15.9 Å². The van der Waals surface area contributed by atoms with Gasteiger partial charge in [-0.05, 0) is 61.2 Å². The Kier molecular flexibility index (Phi) is 4.63. The highest BCUT2D eigenvalue weighted by Crippen LogP contribution is 2.36. The molecule has 0 aromatic heterocycles. The number of nitrogens with zero attached hydrogens (tertiary/aromatic N) is 1. The lowest BCUT2D eigenvalue weighted by atomic mass is 9.92. The Hall–Kier alpha value is -3.18. The Labute approximate surface area is 171 Å². The highest BCUT2D eigenvalue weighted by atomic mass is 32.2. The molecule has 4 nitrogen and oxygen atoms in total. The van der Waals surface area contributed by atoms with Gasteiger partial charge in [-0.2, -0.15) is 4.31 Å². The SMILES string of the molecule is C=C1Cc2cc(C)ccc2N(S(=O)(=O)c2ccc(C)cc2)C(=O)c2ccccc21. The maximum absolute atomic E-state index is 13.6. The van der Waals surface area contributed by atoms with Crippen LogP contribution in [0, 0.1) is 13.8 Å². The van der Waals surface area contributed by atoms with Crippen LogP contribution in [0.2, 0.25) is 0 Å². The molecule has 1 aliphatic rings. The molecule has 4 rings (SSSR count). The fourth-order valence-corrected chi connectivity index (χ4v) is 5.07. The number of amides is 1. The first-order valence-electron chi connectivity index (χ1n) is 9.32. The minimum Gasteiger partial charge on any atom is -0.268 e. The molecule has 0 saturated carbocycles. The summed E-state index contributed by atoms with van der Waals surface area (Å²) < 4.78 is 28.1. The average molecular weight is 404 g/mol. The third-order valence-electron chi connectivity index (χ3n) is 5.14. The molecule has 1 aliphatic heterocycles. The molecular formula is C24H21NO3S. The van der Waals surface area contributed by atoms with Gasteiger partial charge in [0.1, 0.15) is 0 Å². The number of carbonyl (C=O) groups excluding carboxylic acids is 1. The van der Waals surface area contributed by atoms with Gasteiger partial charge in [-0.15, -0.1) is 0 Å². The molecule has 0 radical (unpaired) electrons. The summed E-state index contributed by atoms with van der Waals surface area (Å²) in [4.78, 5) is 13.7. The molecule has 0 N–H and O–H groups in total. The largest absolute Gasteiger partial charge is 0.272 e. The van der Waals surface area contributed by atoms with Gasteiger partial charge in [-0.25, -0.2) is 8.42 Å². The number of sulfonamides is 1. The smallest absolute Gasteiger partial charge is 0.268 e. The Morgan fingerprint density at radius 3 is 2.17 bits per heavy atom. The van der Waals surface area contributed by atoms with Crippen LogP contribution in [0.3, 0.4) is 0 Å². The number of hydrogen-bond acceptors (Lipinski definition) is 3. The number of fused-ring (bicyclic) bond motifs is 2. The van der Waals surface area contributed by atoms with Crippen molar-refractivity contribution < 1.29 is 13.2 Å². The summed E-state index contributed by atoms with van der Waals surface area (Å²) in [5, 5.41) is 0. The summed E-state index contributed by atoms with van der Waals surface area (Å²) in [6, 6.07) is 19.0. The van der Waals surface area contributed by atoms with Crippen LogP contribution < -0.4 is 4.31 Å². The molecule has 1 amide bonds. The second-order valence-corrected chi connectivity index (χ2v) is 9.13. The van der Waals surface area contributed by atoms with E-state index in [-0.39, 0.29) is 4.90 Å². The van der Waals surface area contributed by atoms with E-state index in [0.29, 0.717) is 23.2 Å². The van der Waals surface area contributed by atoms with Crippen LogP contribution in [0.15, 0.2) is 78.2 Å². The van der Waals surface area contributed by atoms with Crippen molar-refractivity contribution in [2.24, 2.45) is 0 Å². The van der Waals surface area contributed by atoms with Gasteiger partial charge in [0.15, 0.2) is 0 Å². The summed E-state index contributed by atoms with van der Waals surface area (Å²) in [6.45, 7) is 7.98. The van der Waals surface area contributed by atoms with E-state index >= 15 is 0 Å². The Morgan fingerprint density at radius 1 is 0.862 bits per heavy atom. The van der Waals surface area contributed by atoms with Gasteiger partial charge in [0.2, 0.25) is 0 Å². The molecule has 146 valence electrons. The van der Waals surface area contributed by atoms with Gasteiger partial charge < -0.3 is 0 Å². The summed E-state index contributed by atoms with van der Waals surface area (Å²) in [7, 11) is -4.10. The third kappa shape index (κ3) is 3.28. The Bertz CT molecular complexity index is 1240. The maximum atomic E-state index is 13.6. The van der Waals surface area contributed by atoms with Crippen LogP contribution in [-0.2, 0) is 16.4 Å². The van der Waals surface area contributed by atoms with Crippen LogP contribution in [0.5, 0.6) is 0 Å². The first-order valence-corrected chi connectivity index (χ1v) is 10.8. The van der Waals surface area contributed by atoms with Crippen LogP contribution in [0.1, 0.15) is 32.6 Å². The molecule has 0 bridgehead atoms. The third-order valence-corrected chi connectivity index (χ3v) is 6.85. The highest BCUT2D eigenvalue weighted by molar-refractivity contribution is 7.93. The van der Waals surface area contributed by atoms with E-state index in [0.717, 1.165) is 26.6 Å². The minimum atomic E-state index is -4.10. The monoisotopic (exact) mass is 403 g/mol. The molecular weight excluding hydrogens is 382 g/mol. The van der Waals surface area contributed by atoms with Crippen molar-refractivity contribution in [2.75, 3.05) is 4.31 Å². The van der Waals surface area contributed by atoms with Crippen molar-refractivity contribution in [3.63, 3.8) is 0 Å². The van der Waals surface area contributed by atoms with Crippen LogP contribution in [-0.4, -0.2) is 14.3 Å². The molecule has 5 heteroatoms. The van der Waals surface area contributed by atoms with Crippen molar-refractivity contribution in [3.8, 4) is 0 Å². The summed E-state index contributed by atoms with van der Waals surface area (Å²) in [6.07, 6.45) is 0.460. The molecule has 0 aliphatic carbocycles. The van der Waals surface area contributed by atoms with Crippen molar-refractivity contribution in [1.82, 2.24) is 0 Å². The number of benzene rings is 3. The normalized spacial score (nSPS) is 14.1. The molecule has 1 heterocycles. The molecule has 3 aromatic rings. The summed E-state index contributed by atoms with van der Waals surface area (Å²) >= 11 is 0. The van der Waals surface area contributed by atoms with Crippen LogP contribution in [0.4, 0.5) is 5.69 Å². The zero-order chi connectivity index (χ0) is 20.8. The zero-order valence-corrected chi connectivity index (χ0v) is 17.2. The molecule has 0 spiro atoms. The van der Waals surface area contributed by atoms with E-state index in [1.807, 2.05) is 38.1 Å². The van der Waals surface area contributed by atoms with E-state index in [9.17, 15) is 13.2 Å². The second kappa shape index (κ2) is 7.01. The molecule has 29 heavy (non-hydrogen) atoms. The number of rotatable bonds is 2. The molecule has 0 saturated heterocycles. The molecule has 0 fully saturated rings. The zero-order valence-electron chi connectivity index (χ0n) is 16.3. The van der Waals surface area contributed by atoms with E-state index < -0.39 is 15.9 Å². The van der Waals surface area contributed by atoms with Crippen molar-refractivity contribution in [3.05, 3.63) is 101 Å². The van der Waals surface area contributed by atoms with Crippen LogP contribution in [0.25, 0.3) is 5.57 Å². The van der Waals surface area contributed by atoms with Crippen molar-refractivity contribution in [1.29, 1.82) is 0 Å². The topological polar surface area (TPSA) is 54.5 Å². The van der Waals surface area contributed by atoms with E-state index in [2.05, 4.69) is 6.58 Å². The Morgan fingerprint density at radius 2 is 1.48 bits per heavy atom. The number of anilines is 1.